The molecule has 1 N–H and O–H groups in total. The molecule has 0 radical (unpaired) electrons. The van der Waals surface area contributed by atoms with E-state index in [9.17, 15) is 4.79 Å². The van der Waals surface area contributed by atoms with Crippen molar-refractivity contribution in [2.45, 2.75) is 26.1 Å². The smallest absolute Gasteiger partial charge is 0.351 e. The molecule has 0 aromatic heterocycles. The highest BCUT2D eigenvalue weighted by Crippen LogP contribution is 2.07. The van der Waals surface area contributed by atoms with E-state index in [0.717, 1.165) is 0 Å². The van der Waals surface area contributed by atoms with Gasteiger partial charge in [-0.15, -0.1) is 0 Å². The van der Waals surface area contributed by atoms with Gasteiger partial charge in [0, 0.05) is 13.0 Å². The van der Waals surface area contributed by atoms with Crippen molar-refractivity contribution >= 4 is 17.6 Å². The molecule has 1 unspecified atom stereocenters. The van der Waals surface area contributed by atoms with Crippen molar-refractivity contribution in [1.82, 2.24) is 0 Å². The van der Waals surface area contributed by atoms with E-state index in [1.165, 1.54) is 0 Å². The predicted octanol–water partition coefficient (Wildman–Crippen LogP) is 1.42. The van der Waals surface area contributed by atoms with Crippen LogP contribution in [0.3, 0.4) is 0 Å². The maximum Gasteiger partial charge on any atom is 0.351 e. The van der Waals surface area contributed by atoms with E-state index in [0.29, 0.717) is 19.4 Å². The minimum atomic E-state index is -0.678. The first-order valence-electron chi connectivity index (χ1n) is 4.39. The van der Waals surface area contributed by atoms with Gasteiger partial charge in [0.15, 0.2) is 0 Å². The third-order valence-corrected chi connectivity index (χ3v) is 1.55. The van der Waals surface area contributed by atoms with Crippen LogP contribution < -0.4 is 0 Å². The monoisotopic (exact) mass is 222 g/mol. The number of rotatable bonds is 7. The number of aliphatic hydroxyl groups excluding tert-OH is 1. The Morgan fingerprint density at radius 1 is 1.64 bits per heavy atom. The standard InChI is InChI=1S/C9H15ClO4/c1-3-8(13-6-4-5-11)14-9(12)7(2)10/h8,11H,2-6H2,1H3. The molecule has 0 heterocycles. The number of carbonyl (C=O) groups excluding carboxylic acids is 1. The summed E-state index contributed by atoms with van der Waals surface area (Å²) in [7, 11) is 0. The van der Waals surface area contributed by atoms with Crippen LogP contribution in [0.2, 0.25) is 0 Å². The second-order valence-corrected chi connectivity index (χ2v) is 3.05. The van der Waals surface area contributed by atoms with E-state index in [-0.39, 0.29) is 11.6 Å². The first-order chi connectivity index (χ1) is 6.61. The second-order valence-electron chi connectivity index (χ2n) is 2.60. The Bertz CT molecular complexity index is 193. The maximum absolute atomic E-state index is 11.0. The van der Waals surface area contributed by atoms with Gasteiger partial charge in [-0.2, -0.15) is 0 Å². The van der Waals surface area contributed by atoms with Gasteiger partial charge in [-0.05, 0) is 6.42 Å². The van der Waals surface area contributed by atoms with Gasteiger partial charge in [0.25, 0.3) is 0 Å². The molecule has 0 rings (SSSR count). The van der Waals surface area contributed by atoms with Crippen molar-refractivity contribution in [3.05, 3.63) is 11.6 Å². The second kappa shape index (κ2) is 7.79. The van der Waals surface area contributed by atoms with Crippen molar-refractivity contribution in [2.75, 3.05) is 13.2 Å². The largest absolute Gasteiger partial charge is 0.432 e. The number of halogens is 1. The lowest BCUT2D eigenvalue weighted by Gasteiger charge is -2.15. The van der Waals surface area contributed by atoms with Crippen LogP contribution in [0.4, 0.5) is 0 Å². The van der Waals surface area contributed by atoms with E-state index >= 15 is 0 Å². The Morgan fingerprint density at radius 2 is 2.29 bits per heavy atom. The van der Waals surface area contributed by atoms with Crippen LogP contribution in [0.25, 0.3) is 0 Å². The first-order valence-corrected chi connectivity index (χ1v) is 4.77. The van der Waals surface area contributed by atoms with Gasteiger partial charge in [0.1, 0.15) is 5.03 Å². The minimum absolute atomic E-state index is 0.0482. The Labute approximate surface area is 88.5 Å². The van der Waals surface area contributed by atoms with Crippen molar-refractivity contribution in [3.63, 3.8) is 0 Å². The fraction of sp³-hybridized carbons (Fsp3) is 0.667. The van der Waals surface area contributed by atoms with Gasteiger partial charge < -0.3 is 14.6 Å². The summed E-state index contributed by atoms with van der Waals surface area (Å²) in [5.41, 5.74) is 0. The number of carbonyl (C=O) groups is 1. The summed E-state index contributed by atoms with van der Waals surface area (Å²) in [5.74, 6) is -0.678. The van der Waals surface area contributed by atoms with Crippen molar-refractivity contribution in [2.24, 2.45) is 0 Å². The van der Waals surface area contributed by atoms with Crippen LogP contribution in [0.1, 0.15) is 19.8 Å². The normalized spacial score (nSPS) is 12.2. The van der Waals surface area contributed by atoms with Crippen LogP contribution >= 0.6 is 11.6 Å². The third kappa shape index (κ3) is 5.96. The molecule has 5 heteroatoms. The van der Waals surface area contributed by atoms with Crippen LogP contribution in [0, 0.1) is 0 Å². The number of hydrogen-bond donors (Lipinski definition) is 1. The summed E-state index contributed by atoms with van der Waals surface area (Å²) in [6.45, 7) is 5.44. The van der Waals surface area contributed by atoms with Crippen LogP contribution in [-0.4, -0.2) is 30.6 Å². The quantitative estimate of drug-likeness (QED) is 0.306. The van der Waals surface area contributed by atoms with Crippen molar-refractivity contribution in [3.8, 4) is 0 Å². The molecular weight excluding hydrogens is 208 g/mol. The molecule has 0 aliphatic rings. The predicted molar refractivity (Wildman–Crippen MR) is 52.8 cm³/mol. The molecule has 0 aliphatic heterocycles. The molecule has 0 spiro atoms. The molecule has 0 saturated heterocycles. The molecule has 14 heavy (non-hydrogen) atoms. The summed E-state index contributed by atoms with van der Waals surface area (Å²) in [6.07, 6.45) is 0.418. The summed E-state index contributed by atoms with van der Waals surface area (Å²) >= 11 is 5.33. The zero-order chi connectivity index (χ0) is 11.0. The van der Waals surface area contributed by atoms with Crippen molar-refractivity contribution < 1.29 is 19.4 Å². The topological polar surface area (TPSA) is 55.8 Å². The van der Waals surface area contributed by atoms with Gasteiger partial charge in [0.2, 0.25) is 6.29 Å². The lowest BCUT2D eigenvalue weighted by atomic mass is 10.4. The van der Waals surface area contributed by atoms with Crippen LogP contribution in [0.5, 0.6) is 0 Å². The molecule has 0 aromatic carbocycles. The summed E-state index contributed by atoms with van der Waals surface area (Å²) < 4.78 is 9.98. The fourth-order valence-electron chi connectivity index (χ4n) is 0.698. The van der Waals surface area contributed by atoms with Gasteiger partial charge in [-0.3, -0.25) is 0 Å². The summed E-state index contributed by atoms with van der Waals surface area (Å²) in [5, 5.41) is 8.33. The highest BCUT2D eigenvalue weighted by Gasteiger charge is 2.13. The van der Waals surface area contributed by atoms with E-state index in [1.54, 1.807) is 0 Å². The molecule has 1 atom stereocenters. The Kier molecular flexibility index (Phi) is 7.47. The zero-order valence-electron chi connectivity index (χ0n) is 8.16. The van der Waals surface area contributed by atoms with Gasteiger partial charge >= 0.3 is 5.97 Å². The lowest BCUT2D eigenvalue weighted by molar-refractivity contribution is -0.174. The molecule has 0 aromatic rings. The number of hydrogen-bond acceptors (Lipinski definition) is 4. The van der Waals surface area contributed by atoms with E-state index < -0.39 is 12.3 Å². The average molecular weight is 223 g/mol. The van der Waals surface area contributed by atoms with Crippen LogP contribution in [0.15, 0.2) is 11.6 Å². The molecular formula is C9H15ClO4. The first kappa shape index (κ1) is 13.4. The molecule has 0 amide bonds. The maximum atomic E-state index is 11.0. The SMILES string of the molecule is C=C(Cl)C(=O)OC(CC)OCCCO. The third-order valence-electron chi connectivity index (χ3n) is 1.40. The number of aliphatic hydroxyl groups is 1. The van der Waals surface area contributed by atoms with Crippen LogP contribution in [-0.2, 0) is 14.3 Å². The highest BCUT2D eigenvalue weighted by molar-refractivity contribution is 6.40. The minimum Gasteiger partial charge on any atom is -0.432 e. The fourth-order valence-corrected chi connectivity index (χ4v) is 0.742. The average Bonchev–Trinajstić information content (AvgIpc) is 2.16. The Hall–Kier alpha value is -0.580. The molecule has 0 bridgehead atoms. The van der Waals surface area contributed by atoms with Gasteiger partial charge in [0.05, 0.1) is 6.61 Å². The van der Waals surface area contributed by atoms with Crippen molar-refractivity contribution in [1.29, 1.82) is 0 Å². The highest BCUT2D eigenvalue weighted by atomic mass is 35.5. The molecule has 4 nitrogen and oxygen atoms in total. The summed E-state index contributed by atoms with van der Waals surface area (Å²) in [6, 6.07) is 0. The van der Waals surface area contributed by atoms with E-state index in [1.807, 2.05) is 6.92 Å². The summed E-state index contributed by atoms with van der Waals surface area (Å²) in [4.78, 5) is 11.0. The number of ether oxygens (including phenoxy) is 2. The Balaban J connectivity index is 3.78. The van der Waals surface area contributed by atoms with Gasteiger partial charge in [-0.1, -0.05) is 25.1 Å². The molecule has 82 valence electrons. The lowest BCUT2D eigenvalue weighted by Crippen LogP contribution is -2.21. The molecule has 0 saturated carbocycles. The molecule has 0 fully saturated rings. The molecule has 0 aliphatic carbocycles. The number of esters is 1. The van der Waals surface area contributed by atoms with Gasteiger partial charge in [-0.25, -0.2) is 4.79 Å². The Morgan fingerprint density at radius 3 is 2.71 bits per heavy atom. The zero-order valence-corrected chi connectivity index (χ0v) is 8.92. The van der Waals surface area contributed by atoms with E-state index in [2.05, 4.69) is 6.58 Å². The van der Waals surface area contributed by atoms with E-state index in [4.69, 9.17) is 26.2 Å².